The van der Waals surface area contributed by atoms with Crippen molar-refractivity contribution in [3.05, 3.63) is 42.5 Å². The summed E-state index contributed by atoms with van der Waals surface area (Å²) in [6, 6.07) is 7.78. The largest absolute Gasteiger partial charge is 0.497 e. The molecule has 1 rings (SSSR count). The number of methoxy groups -OCH3 is 1. The van der Waals surface area contributed by atoms with Crippen LogP contribution in [-0.2, 0) is 11.3 Å². The number of rotatable bonds is 9. The highest BCUT2D eigenvalue weighted by Crippen LogP contribution is 2.13. The van der Waals surface area contributed by atoms with Crippen molar-refractivity contribution < 1.29 is 9.53 Å². The first-order valence-electron chi connectivity index (χ1n) is 6.87. The van der Waals surface area contributed by atoms with E-state index < -0.39 is 0 Å². The molecule has 5 heteroatoms. The van der Waals surface area contributed by atoms with Gasteiger partial charge in [0.05, 0.1) is 7.11 Å². The molecule has 118 valence electrons. The second kappa shape index (κ2) is 11.2. The van der Waals surface area contributed by atoms with E-state index in [0.29, 0.717) is 19.5 Å². The van der Waals surface area contributed by atoms with E-state index in [0.717, 1.165) is 24.3 Å². The first-order valence-corrected chi connectivity index (χ1v) is 6.87. The van der Waals surface area contributed by atoms with Crippen LogP contribution in [0.15, 0.2) is 36.9 Å². The molecule has 1 aromatic carbocycles. The molecule has 0 aliphatic rings. The highest BCUT2D eigenvalue weighted by molar-refractivity contribution is 5.85. The summed E-state index contributed by atoms with van der Waals surface area (Å²) in [5.41, 5.74) is 1.09. The van der Waals surface area contributed by atoms with Gasteiger partial charge in [-0.2, -0.15) is 0 Å². The fourth-order valence-corrected chi connectivity index (χ4v) is 1.94. The third kappa shape index (κ3) is 7.16. The third-order valence-corrected chi connectivity index (χ3v) is 3.05. The molecule has 0 aromatic heterocycles. The standard InChI is InChI=1S/C16H24N2O2.ClH/c1-4-12-18(16(19)6-5-11-17-2)13-14-7-9-15(20-3)10-8-14;/h4,7-10,17H,1,5-6,11-13H2,2-3H3;1H. The SMILES string of the molecule is C=CCN(Cc1ccc(OC)cc1)C(=O)CCCNC.Cl. The Morgan fingerprint density at radius 2 is 2.05 bits per heavy atom. The van der Waals surface area contributed by atoms with Gasteiger partial charge in [-0.15, -0.1) is 19.0 Å². The van der Waals surface area contributed by atoms with E-state index in [-0.39, 0.29) is 18.3 Å². The molecule has 0 atom stereocenters. The minimum absolute atomic E-state index is 0. The molecule has 0 aliphatic heterocycles. The van der Waals surface area contributed by atoms with Crippen LogP contribution in [0.25, 0.3) is 0 Å². The van der Waals surface area contributed by atoms with E-state index >= 15 is 0 Å². The Morgan fingerprint density at radius 3 is 2.57 bits per heavy atom. The van der Waals surface area contributed by atoms with E-state index in [2.05, 4.69) is 11.9 Å². The minimum atomic E-state index is 0. The molecule has 0 radical (unpaired) electrons. The van der Waals surface area contributed by atoms with Crippen LogP contribution in [0.4, 0.5) is 0 Å². The van der Waals surface area contributed by atoms with Gasteiger partial charge in [-0.1, -0.05) is 18.2 Å². The quantitative estimate of drug-likeness (QED) is 0.563. The number of carbonyl (C=O) groups excluding carboxylic acids is 1. The lowest BCUT2D eigenvalue weighted by atomic mass is 10.2. The zero-order chi connectivity index (χ0) is 14.8. The number of hydrogen-bond donors (Lipinski definition) is 1. The number of hydrogen-bond acceptors (Lipinski definition) is 3. The summed E-state index contributed by atoms with van der Waals surface area (Å²) in [7, 11) is 3.54. The second-order valence-electron chi connectivity index (χ2n) is 4.62. The second-order valence-corrected chi connectivity index (χ2v) is 4.62. The maximum Gasteiger partial charge on any atom is 0.223 e. The van der Waals surface area contributed by atoms with E-state index in [4.69, 9.17) is 4.74 Å². The van der Waals surface area contributed by atoms with Crippen molar-refractivity contribution in [3.63, 3.8) is 0 Å². The van der Waals surface area contributed by atoms with Crippen LogP contribution in [0.3, 0.4) is 0 Å². The highest BCUT2D eigenvalue weighted by atomic mass is 35.5. The molecule has 1 N–H and O–H groups in total. The molecule has 0 saturated heterocycles. The molecule has 0 bridgehead atoms. The monoisotopic (exact) mass is 312 g/mol. The number of benzene rings is 1. The summed E-state index contributed by atoms with van der Waals surface area (Å²) >= 11 is 0. The van der Waals surface area contributed by atoms with Crippen molar-refractivity contribution in [1.29, 1.82) is 0 Å². The number of nitrogens with zero attached hydrogens (tertiary/aromatic N) is 1. The van der Waals surface area contributed by atoms with Gasteiger partial charge >= 0.3 is 0 Å². The number of halogens is 1. The predicted molar refractivity (Wildman–Crippen MR) is 89.0 cm³/mol. The lowest BCUT2D eigenvalue weighted by molar-refractivity contribution is -0.131. The Labute approximate surface area is 133 Å². The van der Waals surface area contributed by atoms with Gasteiger partial charge in [0, 0.05) is 19.5 Å². The van der Waals surface area contributed by atoms with E-state index in [1.165, 1.54) is 0 Å². The predicted octanol–water partition coefficient (Wildman–Crippen LogP) is 2.63. The Balaban J connectivity index is 0.00000400. The van der Waals surface area contributed by atoms with Crippen molar-refractivity contribution in [2.24, 2.45) is 0 Å². The Kier molecular flexibility index (Phi) is 10.4. The van der Waals surface area contributed by atoms with Crippen LogP contribution < -0.4 is 10.1 Å². The Bertz CT molecular complexity index is 421. The van der Waals surface area contributed by atoms with Crippen LogP contribution in [0.5, 0.6) is 5.75 Å². The molecule has 21 heavy (non-hydrogen) atoms. The van der Waals surface area contributed by atoms with Crippen molar-refractivity contribution in [3.8, 4) is 5.75 Å². The van der Waals surface area contributed by atoms with Gasteiger partial charge in [-0.05, 0) is 37.7 Å². The molecule has 0 saturated carbocycles. The molecule has 0 spiro atoms. The molecule has 1 aromatic rings. The van der Waals surface area contributed by atoms with Gasteiger partial charge in [-0.25, -0.2) is 0 Å². The number of carbonyl (C=O) groups is 1. The number of amides is 1. The van der Waals surface area contributed by atoms with Crippen molar-refractivity contribution in [2.75, 3.05) is 27.2 Å². The lowest BCUT2D eigenvalue weighted by Gasteiger charge is -2.21. The molecule has 0 unspecified atom stereocenters. The van der Waals surface area contributed by atoms with E-state index in [1.54, 1.807) is 13.2 Å². The number of ether oxygens (including phenoxy) is 1. The lowest BCUT2D eigenvalue weighted by Crippen LogP contribution is -2.31. The van der Waals surface area contributed by atoms with Crippen molar-refractivity contribution in [1.82, 2.24) is 10.2 Å². The molecular weight excluding hydrogens is 288 g/mol. The van der Waals surface area contributed by atoms with Crippen LogP contribution in [-0.4, -0.2) is 38.1 Å². The van der Waals surface area contributed by atoms with E-state index in [1.807, 2.05) is 36.2 Å². The molecule has 4 nitrogen and oxygen atoms in total. The summed E-state index contributed by atoms with van der Waals surface area (Å²) in [6.07, 6.45) is 3.18. The maximum absolute atomic E-state index is 12.2. The summed E-state index contributed by atoms with van der Waals surface area (Å²) in [6.45, 7) is 5.76. The minimum Gasteiger partial charge on any atom is -0.497 e. The van der Waals surface area contributed by atoms with Gasteiger partial charge in [0.25, 0.3) is 0 Å². The van der Waals surface area contributed by atoms with Crippen LogP contribution in [0, 0.1) is 0 Å². The zero-order valence-electron chi connectivity index (χ0n) is 12.8. The Morgan fingerprint density at radius 1 is 1.38 bits per heavy atom. The van der Waals surface area contributed by atoms with Crippen LogP contribution in [0.1, 0.15) is 18.4 Å². The fraction of sp³-hybridized carbons (Fsp3) is 0.438. The van der Waals surface area contributed by atoms with E-state index in [9.17, 15) is 4.79 Å². The first kappa shape index (κ1) is 19.5. The van der Waals surface area contributed by atoms with Gasteiger partial charge in [-0.3, -0.25) is 4.79 Å². The summed E-state index contributed by atoms with van der Waals surface area (Å²) in [5, 5.41) is 3.05. The normalized spacial score (nSPS) is 9.62. The molecule has 0 fully saturated rings. The molecular formula is C16H25ClN2O2. The average molecular weight is 313 g/mol. The number of nitrogens with one attached hydrogen (secondary N) is 1. The topological polar surface area (TPSA) is 41.6 Å². The summed E-state index contributed by atoms with van der Waals surface area (Å²) in [4.78, 5) is 14.0. The molecule has 1 amide bonds. The van der Waals surface area contributed by atoms with Crippen molar-refractivity contribution >= 4 is 18.3 Å². The smallest absolute Gasteiger partial charge is 0.223 e. The van der Waals surface area contributed by atoms with Crippen LogP contribution >= 0.6 is 12.4 Å². The average Bonchev–Trinajstić information content (AvgIpc) is 2.47. The summed E-state index contributed by atoms with van der Waals surface area (Å²) in [5.74, 6) is 0.986. The fourth-order valence-electron chi connectivity index (χ4n) is 1.94. The van der Waals surface area contributed by atoms with Gasteiger partial charge in [0.2, 0.25) is 5.91 Å². The highest BCUT2D eigenvalue weighted by Gasteiger charge is 2.12. The van der Waals surface area contributed by atoms with Crippen LogP contribution in [0.2, 0.25) is 0 Å². The summed E-state index contributed by atoms with van der Waals surface area (Å²) < 4.78 is 5.13. The van der Waals surface area contributed by atoms with Crippen molar-refractivity contribution in [2.45, 2.75) is 19.4 Å². The van der Waals surface area contributed by atoms with Gasteiger partial charge in [0.15, 0.2) is 0 Å². The maximum atomic E-state index is 12.2. The zero-order valence-corrected chi connectivity index (χ0v) is 13.6. The third-order valence-electron chi connectivity index (χ3n) is 3.05. The van der Waals surface area contributed by atoms with Gasteiger partial charge < -0.3 is 15.0 Å². The Hall–Kier alpha value is -1.52. The molecule has 0 aliphatic carbocycles. The first-order chi connectivity index (χ1) is 9.71. The van der Waals surface area contributed by atoms with Gasteiger partial charge in [0.1, 0.15) is 5.75 Å². The molecule has 0 heterocycles.